The third kappa shape index (κ3) is 2.81. The van der Waals surface area contributed by atoms with E-state index >= 15 is 0 Å². The first-order chi connectivity index (χ1) is 8.60. The summed E-state index contributed by atoms with van der Waals surface area (Å²) < 4.78 is 0. The summed E-state index contributed by atoms with van der Waals surface area (Å²) in [5.74, 6) is 5.09. The van der Waals surface area contributed by atoms with E-state index in [-0.39, 0.29) is 18.2 Å². The second-order valence-electron chi connectivity index (χ2n) is 3.97. The molecule has 1 aliphatic heterocycles. The van der Waals surface area contributed by atoms with E-state index in [9.17, 15) is 9.59 Å². The van der Waals surface area contributed by atoms with Gasteiger partial charge in [0.25, 0.3) is 0 Å². The highest BCUT2D eigenvalue weighted by Gasteiger charge is 2.18. The zero-order chi connectivity index (χ0) is 13.1. The average Bonchev–Trinajstić information content (AvgIpc) is 2.37. The van der Waals surface area contributed by atoms with E-state index in [1.807, 2.05) is 17.6 Å². The molecule has 1 heterocycles. The number of carbonyl (C=O) groups is 2. The number of carbonyl (C=O) groups excluding carboxylic acids is 2. The van der Waals surface area contributed by atoms with Gasteiger partial charge in [0, 0.05) is 17.4 Å². The van der Waals surface area contributed by atoms with Gasteiger partial charge in [-0.3, -0.25) is 15.0 Å². The molecule has 0 spiro atoms. The van der Waals surface area contributed by atoms with E-state index in [1.54, 1.807) is 6.07 Å². The molecule has 0 aromatic heterocycles. The number of nitrogens with two attached hydrogens (primary N) is 2. The van der Waals surface area contributed by atoms with Crippen LogP contribution < -0.4 is 22.3 Å². The van der Waals surface area contributed by atoms with Crippen molar-refractivity contribution in [3.63, 3.8) is 0 Å². The number of hydrazine groups is 1. The Hall–Kier alpha value is -1.57. The molecule has 1 unspecified atom stereocenters. The number of amides is 2. The van der Waals surface area contributed by atoms with Crippen molar-refractivity contribution in [1.29, 1.82) is 0 Å². The van der Waals surface area contributed by atoms with Gasteiger partial charge in [-0.2, -0.15) is 0 Å². The van der Waals surface area contributed by atoms with Crippen LogP contribution in [0.1, 0.15) is 18.0 Å². The van der Waals surface area contributed by atoms with Crippen molar-refractivity contribution in [1.82, 2.24) is 5.43 Å². The number of hydrogen-bond donors (Lipinski definition) is 4. The maximum Gasteiger partial charge on any atom is 0.235 e. The minimum atomic E-state index is -0.442. The van der Waals surface area contributed by atoms with Gasteiger partial charge in [0.05, 0.1) is 11.4 Å². The fourth-order valence-corrected chi connectivity index (χ4v) is 2.50. The number of rotatable bonds is 3. The van der Waals surface area contributed by atoms with E-state index < -0.39 is 6.04 Å². The summed E-state index contributed by atoms with van der Waals surface area (Å²) in [6.07, 6.45) is 0.108. The van der Waals surface area contributed by atoms with Crippen LogP contribution in [0, 0.1) is 0 Å². The zero-order valence-electron chi connectivity index (χ0n) is 9.60. The second kappa shape index (κ2) is 5.38. The Balaban J connectivity index is 2.17. The molecule has 0 saturated heterocycles. The lowest BCUT2D eigenvalue weighted by Gasteiger charge is -2.19. The molecule has 0 bridgehead atoms. The number of hydrogen-bond acceptors (Lipinski definition) is 5. The lowest BCUT2D eigenvalue weighted by atomic mass is 10.0. The van der Waals surface area contributed by atoms with E-state index in [2.05, 4.69) is 5.32 Å². The summed E-state index contributed by atoms with van der Waals surface area (Å²) in [5, 5.41) is 2.78. The van der Waals surface area contributed by atoms with Crippen LogP contribution in [0.25, 0.3) is 0 Å². The van der Waals surface area contributed by atoms with Crippen LogP contribution in [0.15, 0.2) is 23.1 Å². The zero-order valence-corrected chi connectivity index (χ0v) is 10.4. The first-order valence-corrected chi connectivity index (χ1v) is 6.40. The van der Waals surface area contributed by atoms with Crippen LogP contribution in [-0.4, -0.2) is 17.6 Å². The van der Waals surface area contributed by atoms with Crippen molar-refractivity contribution < 1.29 is 9.59 Å². The molecule has 0 saturated carbocycles. The molecular formula is C11H14N4O2S. The monoisotopic (exact) mass is 266 g/mol. The number of fused-ring (bicyclic) bond motifs is 1. The van der Waals surface area contributed by atoms with Crippen LogP contribution >= 0.6 is 11.8 Å². The first-order valence-electron chi connectivity index (χ1n) is 5.42. The van der Waals surface area contributed by atoms with E-state index in [4.69, 9.17) is 11.6 Å². The summed E-state index contributed by atoms with van der Waals surface area (Å²) in [4.78, 5) is 23.4. The molecule has 0 fully saturated rings. The molecule has 0 aliphatic carbocycles. The van der Waals surface area contributed by atoms with Crippen molar-refractivity contribution >= 4 is 29.3 Å². The highest BCUT2D eigenvalue weighted by Crippen LogP contribution is 2.33. The summed E-state index contributed by atoms with van der Waals surface area (Å²) >= 11 is 1.48. The van der Waals surface area contributed by atoms with E-state index in [0.29, 0.717) is 5.75 Å². The van der Waals surface area contributed by atoms with Gasteiger partial charge in [-0.1, -0.05) is 6.07 Å². The third-order valence-corrected chi connectivity index (χ3v) is 3.70. The molecule has 0 radical (unpaired) electrons. The number of nitrogens with one attached hydrogen (secondary N) is 2. The topological polar surface area (TPSA) is 110 Å². The fourth-order valence-electron chi connectivity index (χ4n) is 1.71. The number of anilines is 1. The van der Waals surface area contributed by atoms with Gasteiger partial charge in [0.1, 0.15) is 0 Å². The van der Waals surface area contributed by atoms with Crippen LogP contribution in [0.2, 0.25) is 0 Å². The molecule has 1 aromatic carbocycles. The third-order valence-electron chi connectivity index (χ3n) is 2.63. The van der Waals surface area contributed by atoms with Gasteiger partial charge in [0.2, 0.25) is 11.8 Å². The molecule has 1 atom stereocenters. The molecule has 6 nitrogen and oxygen atoms in total. The molecule has 2 amide bonds. The van der Waals surface area contributed by atoms with Crippen molar-refractivity contribution in [3.8, 4) is 0 Å². The SMILES string of the molecule is NNC(=O)CC(N)c1ccc2c(c1)NC(=O)CS2. The predicted octanol–water partition coefficient (Wildman–Crippen LogP) is 0.111. The van der Waals surface area contributed by atoms with Gasteiger partial charge in [-0.15, -0.1) is 11.8 Å². The standard InChI is InChI=1S/C11H14N4O2S/c12-7(4-10(16)15-13)6-1-2-9-8(3-6)14-11(17)5-18-9/h1-3,7H,4-5,12-13H2,(H,14,17)(H,15,16). The average molecular weight is 266 g/mol. The number of benzene rings is 1. The Bertz CT molecular complexity index is 492. The summed E-state index contributed by atoms with van der Waals surface area (Å²) in [7, 11) is 0. The summed E-state index contributed by atoms with van der Waals surface area (Å²) in [6.45, 7) is 0. The Morgan fingerprint density at radius 3 is 3.06 bits per heavy atom. The van der Waals surface area contributed by atoms with Gasteiger partial charge in [0.15, 0.2) is 0 Å². The second-order valence-corrected chi connectivity index (χ2v) is 4.99. The molecule has 1 aromatic rings. The first kappa shape index (κ1) is 12.9. The summed E-state index contributed by atoms with van der Waals surface area (Å²) in [5.41, 5.74) is 9.48. The quantitative estimate of drug-likeness (QED) is 0.352. The van der Waals surface area contributed by atoms with Crippen molar-refractivity contribution in [3.05, 3.63) is 23.8 Å². The summed E-state index contributed by atoms with van der Waals surface area (Å²) in [6, 6.07) is 5.11. The minimum Gasteiger partial charge on any atom is -0.324 e. The van der Waals surface area contributed by atoms with E-state index in [0.717, 1.165) is 16.1 Å². The van der Waals surface area contributed by atoms with Crippen molar-refractivity contribution in [2.24, 2.45) is 11.6 Å². The highest BCUT2D eigenvalue weighted by molar-refractivity contribution is 8.00. The molecule has 7 heteroatoms. The lowest BCUT2D eigenvalue weighted by Crippen LogP contribution is -2.32. The molecule has 6 N–H and O–H groups in total. The normalized spacial score (nSPS) is 15.6. The van der Waals surface area contributed by atoms with Crippen molar-refractivity contribution in [2.75, 3.05) is 11.1 Å². The Kier molecular flexibility index (Phi) is 3.85. The number of thioether (sulfide) groups is 1. The van der Waals surface area contributed by atoms with Crippen molar-refractivity contribution in [2.45, 2.75) is 17.4 Å². The fraction of sp³-hybridized carbons (Fsp3) is 0.273. The molecular weight excluding hydrogens is 252 g/mol. The van der Waals surface area contributed by atoms with Gasteiger partial charge in [-0.25, -0.2) is 5.84 Å². The van der Waals surface area contributed by atoms with Gasteiger partial charge in [-0.05, 0) is 17.7 Å². The molecule has 2 rings (SSSR count). The van der Waals surface area contributed by atoms with Crippen LogP contribution in [-0.2, 0) is 9.59 Å². The smallest absolute Gasteiger partial charge is 0.235 e. The van der Waals surface area contributed by atoms with Crippen LogP contribution in [0.3, 0.4) is 0 Å². The van der Waals surface area contributed by atoms with Gasteiger partial charge >= 0.3 is 0 Å². The Labute approximate surface area is 108 Å². The highest BCUT2D eigenvalue weighted by atomic mass is 32.2. The maximum atomic E-state index is 11.3. The molecule has 1 aliphatic rings. The van der Waals surface area contributed by atoms with Crippen LogP contribution in [0.5, 0.6) is 0 Å². The molecule has 18 heavy (non-hydrogen) atoms. The molecule has 96 valence electrons. The Morgan fingerprint density at radius 2 is 2.33 bits per heavy atom. The maximum absolute atomic E-state index is 11.3. The van der Waals surface area contributed by atoms with Crippen LogP contribution in [0.4, 0.5) is 5.69 Å². The lowest BCUT2D eigenvalue weighted by molar-refractivity contribution is -0.121. The largest absolute Gasteiger partial charge is 0.324 e. The minimum absolute atomic E-state index is 0.0297. The van der Waals surface area contributed by atoms with E-state index in [1.165, 1.54) is 11.8 Å². The Morgan fingerprint density at radius 1 is 1.56 bits per heavy atom. The predicted molar refractivity (Wildman–Crippen MR) is 69.7 cm³/mol. The van der Waals surface area contributed by atoms with Gasteiger partial charge < -0.3 is 11.1 Å².